The number of tetrazole rings is 1. The summed E-state index contributed by atoms with van der Waals surface area (Å²) in [7, 11) is 0. The molecule has 3 rings (SSSR count). The maximum Gasteiger partial charge on any atom is 0.230 e. The molecule has 0 saturated heterocycles. The minimum absolute atomic E-state index is 0.116. The Labute approximate surface area is 172 Å². The molecule has 9 heteroatoms. The summed E-state index contributed by atoms with van der Waals surface area (Å²) in [5, 5.41) is 15.5. The first-order valence-electron chi connectivity index (χ1n) is 8.67. The Kier molecular flexibility index (Phi) is 6.89. The maximum absolute atomic E-state index is 12.1. The molecule has 0 fully saturated rings. The second-order valence-electron chi connectivity index (χ2n) is 6.11. The van der Waals surface area contributed by atoms with E-state index < -0.39 is 0 Å². The number of ether oxygens (including phenoxy) is 1. The van der Waals surface area contributed by atoms with Crippen LogP contribution in [-0.4, -0.2) is 45.0 Å². The molecular weight excluding hydrogens is 398 g/mol. The number of aryl methyl sites for hydroxylation is 2. The van der Waals surface area contributed by atoms with Crippen LogP contribution in [0.1, 0.15) is 11.1 Å². The predicted molar refractivity (Wildman–Crippen MR) is 109 cm³/mol. The van der Waals surface area contributed by atoms with E-state index in [4.69, 9.17) is 16.3 Å². The van der Waals surface area contributed by atoms with Crippen molar-refractivity contribution in [3.8, 4) is 11.4 Å². The lowest BCUT2D eigenvalue weighted by molar-refractivity contribution is -0.118. The van der Waals surface area contributed by atoms with Crippen LogP contribution < -0.4 is 10.1 Å². The van der Waals surface area contributed by atoms with Gasteiger partial charge in [0.1, 0.15) is 12.4 Å². The molecule has 2 aromatic carbocycles. The Balaban J connectivity index is 1.44. The average Bonchev–Trinajstić information content (AvgIpc) is 3.13. The molecule has 0 saturated carbocycles. The van der Waals surface area contributed by atoms with Gasteiger partial charge in [-0.1, -0.05) is 47.1 Å². The number of hydrogen-bond donors (Lipinski definition) is 1. The minimum atomic E-state index is -0.116. The second kappa shape index (κ2) is 9.57. The zero-order valence-corrected chi connectivity index (χ0v) is 17.1. The number of amides is 1. The lowest BCUT2D eigenvalue weighted by Gasteiger charge is -2.10. The zero-order valence-electron chi connectivity index (χ0n) is 15.6. The summed E-state index contributed by atoms with van der Waals surface area (Å²) in [6.07, 6.45) is 0. The van der Waals surface area contributed by atoms with Crippen molar-refractivity contribution in [2.45, 2.75) is 19.0 Å². The van der Waals surface area contributed by atoms with Gasteiger partial charge in [0.2, 0.25) is 11.1 Å². The van der Waals surface area contributed by atoms with Crippen molar-refractivity contribution in [3.05, 3.63) is 58.6 Å². The van der Waals surface area contributed by atoms with Crippen molar-refractivity contribution in [3.63, 3.8) is 0 Å². The molecule has 7 nitrogen and oxygen atoms in total. The molecule has 146 valence electrons. The molecule has 1 heterocycles. The Hall–Kier alpha value is -2.58. The highest BCUT2D eigenvalue weighted by atomic mass is 35.5. The number of carbonyl (C=O) groups excluding carboxylic acids is 1. The van der Waals surface area contributed by atoms with Crippen molar-refractivity contribution in [1.29, 1.82) is 0 Å². The Bertz CT molecular complexity index is 963. The van der Waals surface area contributed by atoms with Crippen molar-refractivity contribution in [2.24, 2.45) is 0 Å². The Morgan fingerprint density at radius 2 is 2.11 bits per heavy atom. The van der Waals surface area contributed by atoms with Crippen molar-refractivity contribution < 1.29 is 9.53 Å². The largest absolute Gasteiger partial charge is 0.491 e. The average molecular weight is 418 g/mol. The van der Waals surface area contributed by atoms with Crippen LogP contribution in [0.2, 0.25) is 5.02 Å². The van der Waals surface area contributed by atoms with Gasteiger partial charge in [-0.15, -0.1) is 5.10 Å². The minimum Gasteiger partial charge on any atom is -0.491 e. The molecule has 0 aliphatic rings. The van der Waals surface area contributed by atoms with E-state index in [0.717, 1.165) is 17.0 Å². The fourth-order valence-electron chi connectivity index (χ4n) is 2.53. The van der Waals surface area contributed by atoms with E-state index in [9.17, 15) is 4.79 Å². The van der Waals surface area contributed by atoms with Crippen molar-refractivity contribution in [2.75, 3.05) is 18.9 Å². The summed E-state index contributed by atoms with van der Waals surface area (Å²) in [5.74, 6) is 0.912. The number of thioether (sulfide) groups is 1. The molecule has 3 aromatic rings. The van der Waals surface area contributed by atoms with Crippen LogP contribution >= 0.6 is 23.4 Å². The molecule has 28 heavy (non-hydrogen) atoms. The zero-order chi connectivity index (χ0) is 19.9. The van der Waals surface area contributed by atoms with Crippen LogP contribution in [0.15, 0.2) is 47.6 Å². The van der Waals surface area contributed by atoms with E-state index in [1.807, 2.05) is 38.1 Å². The van der Waals surface area contributed by atoms with Crippen LogP contribution in [0.4, 0.5) is 0 Å². The number of aromatic nitrogens is 4. The summed E-state index contributed by atoms with van der Waals surface area (Å²) in [6, 6.07) is 13.2. The molecule has 1 amide bonds. The van der Waals surface area contributed by atoms with Gasteiger partial charge in [0, 0.05) is 5.02 Å². The van der Waals surface area contributed by atoms with Crippen molar-refractivity contribution in [1.82, 2.24) is 25.5 Å². The van der Waals surface area contributed by atoms with Crippen LogP contribution in [0, 0.1) is 13.8 Å². The fraction of sp³-hybridized carbons (Fsp3) is 0.263. The van der Waals surface area contributed by atoms with Gasteiger partial charge in [-0.3, -0.25) is 4.79 Å². The van der Waals surface area contributed by atoms with Gasteiger partial charge in [0.25, 0.3) is 0 Å². The Morgan fingerprint density at radius 3 is 2.89 bits per heavy atom. The third-order valence-electron chi connectivity index (χ3n) is 3.84. The third kappa shape index (κ3) is 5.46. The number of rotatable bonds is 8. The van der Waals surface area contributed by atoms with Crippen LogP contribution in [-0.2, 0) is 4.79 Å². The molecule has 0 bridgehead atoms. The Morgan fingerprint density at radius 1 is 1.25 bits per heavy atom. The van der Waals surface area contributed by atoms with E-state index in [1.54, 1.807) is 16.8 Å². The van der Waals surface area contributed by atoms with Gasteiger partial charge in [-0.25, -0.2) is 0 Å². The van der Waals surface area contributed by atoms with Crippen molar-refractivity contribution >= 4 is 29.3 Å². The molecule has 1 aromatic heterocycles. The highest BCUT2D eigenvalue weighted by Gasteiger charge is 2.11. The van der Waals surface area contributed by atoms with Crippen LogP contribution in [0.25, 0.3) is 5.69 Å². The smallest absolute Gasteiger partial charge is 0.230 e. The normalized spacial score (nSPS) is 10.7. The number of benzene rings is 2. The summed E-state index contributed by atoms with van der Waals surface area (Å²) in [4.78, 5) is 12.1. The van der Waals surface area contributed by atoms with Gasteiger partial charge in [-0.05, 0) is 54.1 Å². The molecule has 0 spiro atoms. The highest BCUT2D eigenvalue weighted by molar-refractivity contribution is 7.99. The fourth-order valence-corrected chi connectivity index (χ4v) is 3.44. The van der Waals surface area contributed by atoms with E-state index in [2.05, 4.69) is 26.9 Å². The van der Waals surface area contributed by atoms with E-state index in [1.165, 1.54) is 17.3 Å². The SMILES string of the molecule is Cc1ccc(OCCNC(=O)CSc2nnnn2-c2cccc(Cl)c2)c(C)c1. The number of hydrogen-bond acceptors (Lipinski definition) is 6. The monoisotopic (exact) mass is 417 g/mol. The first-order chi connectivity index (χ1) is 13.5. The van der Waals surface area contributed by atoms with Gasteiger partial charge in [-0.2, -0.15) is 4.68 Å². The highest BCUT2D eigenvalue weighted by Crippen LogP contribution is 2.20. The number of nitrogens with one attached hydrogen (secondary N) is 1. The van der Waals surface area contributed by atoms with E-state index >= 15 is 0 Å². The molecule has 0 atom stereocenters. The summed E-state index contributed by atoms with van der Waals surface area (Å²) in [5.41, 5.74) is 3.01. The summed E-state index contributed by atoms with van der Waals surface area (Å²) >= 11 is 7.26. The van der Waals surface area contributed by atoms with E-state index in [-0.39, 0.29) is 11.7 Å². The van der Waals surface area contributed by atoms with Crippen LogP contribution in [0.5, 0.6) is 5.75 Å². The van der Waals surface area contributed by atoms with Gasteiger partial charge in [0.05, 0.1) is 18.0 Å². The van der Waals surface area contributed by atoms with Crippen LogP contribution in [0.3, 0.4) is 0 Å². The summed E-state index contributed by atoms with van der Waals surface area (Å²) < 4.78 is 7.26. The summed E-state index contributed by atoms with van der Waals surface area (Å²) in [6.45, 7) is 4.87. The molecule has 0 radical (unpaired) electrons. The quantitative estimate of drug-likeness (QED) is 0.447. The number of carbonyl (C=O) groups is 1. The number of nitrogens with zero attached hydrogens (tertiary/aromatic N) is 4. The standard InChI is InChI=1S/C19H20ClN5O2S/c1-13-6-7-17(14(2)10-13)27-9-8-21-18(26)12-28-19-22-23-24-25(19)16-5-3-4-15(20)11-16/h3-7,10-11H,8-9,12H2,1-2H3,(H,21,26). The molecule has 0 aliphatic carbocycles. The first-order valence-corrected chi connectivity index (χ1v) is 10.0. The second-order valence-corrected chi connectivity index (χ2v) is 7.49. The van der Waals surface area contributed by atoms with Gasteiger partial charge >= 0.3 is 0 Å². The molecule has 1 N–H and O–H groups in total. The van der Waals surface area contributed by atoms with E-state index in [0.29, 0.717) is 23.3 Å². The molecule has 0 aliphatic heterocycles. The first kappa shape index (κ1) is 20.2. The number of halogens is 1. The maximum atomic E-state index is 12.1. The lowest BCUT2D eigenvalue weighted by atomic mass is 10.1. The topological polar surface area (TPSA) is 81.9 Å². The lowest BCUT2D eigenvalue weighted by Crippen LogP contribution is -2.29. The molecular formula is C19H20ClN5O2S. The molecule has 0 unspecified atom stereocenters. The predicted octanol–water partition coefficient (Wildman–Crippen LogP) is 3.22. The third-order valence-corrected chi connectivity index (χ3v) is 4.99. The van der Waals surface area contributed by atoms with Gasteiger partial charge < -0.3 is 10.1 Å². The van der Waals surface area contributed by atoms with Gasteiger partial charge in [0.15, 0.2) is 0 Å².